The summed E-state index contributed by atoms with van der Waals surface area (Å²) in [5.74, 6) is 0.119. The van der Waals surface area contributed by atoms with Crippen LogP contribution < -0.4 is 31.2 Å². The van der Waals surface area contributed by atoms with E-state index in [-0.39, 0.29) is 35.0 Å². The van der Waals surface area contributed by atoms with Gasteiger partial charge in [0.25, 0.3) is 16.7 Å². The molecule has 0 N–H and O–H groups in total. The van der Waals surface area contributed by atoms with Gasteiger partial charge in [-0.05, 0) is 91.9 Å². The zero-order valence-electron chi connectivity index (χ0n) is 36.1. The number of benzene rings is 4. The molecule has 4 heterocycles. The highest BCUT2D eigenvalue weighted by molar-refractivity contribution is 6.20. The third-order valence-electron chi connectivity index (χ3n) is 11.7. The first-order valence-electron chi connectivity index (χ1n) is 21.2. The zero-order valence-corrected chi connectivity index (χ0v) is 36.1. The number of carbonyl (C=O) groups is 3. The van der Waals surface area contributed by atoms with Gasteiger partial charge in [0, 0.05) is 87.1 Å². The minimum Gasteiger partial charge on any atom is -0.493 e. The average molecular weight is 849 g/mol. The molecule has 0 fully saturated rings. The van der Waals surface area contributed by atoms with Crippen LogP contribution in [0.25, 0.3) is 32.3 Å². The number of fused-ring (bicyclic) bond motifs is 4. The van der Waals surface area contributed by atoms with Crippen LogP contribution >= 0.6 is 0 Å². The molecule has 1 aliphatic heterocycles. The van der Waals surface area contributed by atoms with Crippen molar-refractivity contribution in [3.05, 3.63) is 159 Å². The van der Waals surface area contributed by atoms with Crippen molar-refractivity contribution >= 4 is 61.8 Å². The van der Waals surface area contributed by atoms with Crippen molar-refractivity contribution in [1.82, 2.24) is 18.6 Å². The standard InChI is InChI=1S/C39H43N5O5.C11H9NO2/c1-5-44-33-16-15-30(27-34(33)40(4)37(47)39(2,3)38(44)48)49-26-10-19-41(22-24-42-20-17-28-11-6-8-13-31(28)35(42)45)23-25-43-21-18-29-12-7-9-14-32(29)36(43)46;13-8-7-12-6-5-9-3-1-2-4-10(9)11(12)14/h6-9,11-18,20-21,27H,5,10,19,22-26H2,1-4H3;1-6,8H,7H2. The lowest BCUT2D eigenvalue weighted by Crippen LogP contribution is -2.47. The van der Waals surface area contributed by atoms with Gasteiger partial charge in [-0.25, -0.2) is 0 Å². The van der Waals surface area contributed by atoms with Crippen LogP contribution in [0, 0.1) is 5.41 Å². The van der Waals surface area contributed by atoms with Crippen LogP contribution in [0.15, 0.2) is 142 Å². The minimum atomic E-state index is -1.18. The van der Waals surface area contributed by atoms with E-state index in [2.05, 4.69) is 4.90 Å². The Bertz CT molecular complexity index is 2890. The van der Waals surface area contributed by atoms with Crippen LogP contribution in [-0.4, -0.2) is 76.5 Å². The monoisotopic (exact) mass is 848 g/mol. The normalized spacial score (nSPS) is 13.5. The number of aldehydes is 1. The van der Waals surface area contributed by atoms with Crippen molar-refractivity contribution in [2.45, 2.75) is 46.8 Å². The van der Waals surface area contributed by atoms with E-state index in [1.54, 1.807) is 52.1 Å². The Balaban J connectivity index is 0.000000359. The Morgan fingerprint density at radius 2 is 1.10 bits per heavy atom. The van der Waals surface area contributed by atoms with E-state index in [9.17, 15) is 28.8 Å². The van der Waals surface area contributed by atoms with Gasteiger partial charge < -0.3 is 33.0 Å². The molecule has 324 valence electrons. The Morgan fingerprint density at radius 3 is 1.60 bits per heavy atom. The number of amides is 2. The molecular formula is C50H52N6O7. The van der Waals surface area contributed by atoms with Crippen LogP contribution in [0.4, 0.5) is 11.4 Å². The highest BCUT2D eigenvalue weighted by Crippen LogP contribution is 2.40. The minimum absolute atomic E-state index is 0.0227. The molecule has 0 spiro atoms. The fourth-order valence-electron chi connectivity index (χ4n) is 8.05. The predicted molar refractivity (Wildman–Crippen MR) is 249 cm³/mol. The summed E-state index contributed by atoms with van der Waals surface area (Å²) in [6, 6.07) is 33.8. The van der Waals surface area contributed by atoms with Gasteiger partial charge in [-0.1, -0.05) is 54.6 Å². The molecule has 0 saturated carbocycles. The molecule has 13 heteroatoms. The Morgan fingerprint density at radius 1 is 0.603 bits per heavy atom. The largest absolute Gasteiger partial charge is 0.493 e. The summed E-state index contributed by atoms with van der Waals surface area (Å²) in [6.45, 7) is 9.13. The summed E-state index contributed by atoms with van der Waals surface area (Å²) >= 11 is 0. The molecule has 4 aromatic carbocycles. The maximum Gasteiger partial charge on any atom is 0.258 e. The highest BCUT2D eigenvalue weighted by Gasteiger charge is 2.45. The van der Waals surface area contributed by atoms with Crippen molar-refractivity contribution in [2.24, 2.45) is 5.41 Å². The molecular weight excluding hydrogens is 797 g/mol. The lowest BCUT2D eigenvalue weighted by atomic mass is 9.90. The first-order valence-corrected chi connectivity index (χ1v) is 21.2. The molecule has 0 radical (unpaired) electrons. The summed E-state index contributed by atoms with van der Waals surface area (Å²) in [6.07, 6.45) is 6.73. The second-order valence-corrected chi connectivity index (χ2v) is 16.1. The number of carbonyl (C=O) groups excluding carboxylic acids is 3. The SMILES string of the molecule is CCN1C(=O)C(C)(C)C(=O)N(C)c2cc(OCCCN(CCn3ccc4ccccc4c3=O)CCn3ccc4ccccc4c3=O)ccc21.O=CCn1ccc2ccccc2c1=O. The number of anilines is 2. The summed E-state index contributed by atoms with van der Waals surface area (Å²) in [4.78, 5) is 80.3. The van der Waals surface area contributed by atoms with Crippen LogP contribution in [0.5, 0.6) is 5.75 Å². The number of aromatic nitrogens is 3. The third kappa shape index (κ3) is 9.38. The van der Waals surface area contributed by atoms with Gasteiger partial charge in [0.15, 0.2) is 0 Å². The lowest BCUT2D eigenvalue weighted by molar-refractivity contribution is -0.137. The molecule has 13 nitrogen and oxygen atoms in total. The first kappa shape index (κ1) is 44.0. The Labute approximate surface area is 365 Å². The third-order valence-corrected chi connectivity index (χ3v) is 11.7. The summed E-state index contributed by atoms with van der Waals surface area (Å²) in [7, 11) is 1.69. The smallest absolute Gasteiger partial charge is 0.258 e. The molecule has 3 aromatic heterocycles. The van der Waals surface area contributed by atoms with E-state index >= 15 is 0 Å². The number of ether oxygens (including phenoxy) is 1. The van der Waals surface area contributed by atoms with Crippen molar-refractivity contribution < 1.29 is 19.1 Å². The molecule has 8 rings (SSSR count). The topological polar surface area (TPSA) is 136 Å². The maximum absolute atomic E-state index is 13.2. The molecule has 0 atom stereocenters. The number of hydrogen-bond acceptors (Lipinski definition) is 8. The van der Waals surface area contributed by atoms with E-state index < -0.39 is 5.41 Å². The summed E-state index contributed by atoms with van der Waals surface area (Å²) < 4.78 is 11.1. The van der Waals surface area contributed by atoms with Crippen LogP contribution in [0.1, 0.15) is 27.2 Å². The van der Waals surface area contributed by atoms with E-state index in [0.29, 0.717) is 85.6 Å². The van der Waals surface area contributed by atoms with Crippen LogP contribution in [0.2, 0.25) is 0 Å². The molecule has 1 aliphatic rings. The van der Waals surface area contributed by atoms with Crippen LogP contribution in [-0.2, 0) is 34.0 Å². The number of rotatable bonds is 14. The number of nitrogens with zero attached hydrogens (tertiary/aromatic N) is 6. The average Bonchev–Trinajstić information content (AvgIpc) is 3.35. The number of pyridine rings is 3. The van der Waals surface area contributed by atoms with Crippen molar-refractivity contribution in [3.8, 4) is 5.75 Å². The van der Waals surface area contributed by atoms with Crippen molar-refractivity contribution in [3.63, 3.8) is 0 Å². The van der Waals surface area contributed by atoms with E-state index in [1.165, 1.54) is 4.57 Å². The van der Waals surface area contributed by atoms with Gasteiger partial charge in [-0.3, -0.25) is 28.9 Å². The van der Waals surface area contributed by atoms with Gasteiger partial charge in [0.2, 0.25) is 11.8 Å². The van der Waals surface area contributed by atoms with Crippen LogP contribution in [0.3, 0.4) is 0 Å². The molecule has 7 aromatic rings. The first-order chi connectivity index (χ1) is 30.4. The molecule has 0 aliphatic carbocycles. The fraction of sp³-hybridized carbons (Fsp3) is 0.280. The summed E-state index contributed by atoms with van der Waals surface area (Å²) in [5, 5.41) is 4.77. The van der Waals surface area contributed by atoms with E-state index in [0.717, 1.165) is 22.4 Å². The van der Waals surface area contributed by atoms with Gasteiger partial charge in [0.05, 0.1) is 24.5 Å². The second kappa shape index (κ2) is 19.3. The van der Waals surface area contributed by atoms with Gasteiger partial charge in [0.1, 0.15) is 17.5 Å². The van der Waals surface area contributed by atoms with Gasteiger partial charge in [-0.15, -0.1) is 0 Å². The maximum atomic E-state index is 13.2. The molecule has 63 heavy (non-hydrogen) atoms. The summed E-state index contributed by atoms with van der Waals surface area (Å²) in [5.41, 5.74) is -0.0253. The van der Waals surface area contributed by atoms with Gasteiger partial charge >= 0.3 is 0 Å². The Kier molecular flexibility index (Phi) is 13.5. The lowest BCUT2D eigenvalue weighted by Gasteiger charge is -2.27. The Hall–Kier alpha value is -7.12. The van der Waals surface area contributed by atoms with E-state index in [1.807, 2.05) is 122 Å². The predicted octanol–water partition coefficient (Wildman–Crippen LogP) is 6.34. The quantitative estimate of drug-likeness (QED) is 0.0703. The highest BCUT2D eigenvalue weighted by atomic mass is 16.5. The molecule has 2 amide bonds. The molecule has 0 unspecified atom stereocenters. The fourth-order valence-corrected chi connectivity index (χ4v) is 8.05. The van der Waals surface area contributed by atoms with E-state index in [4.69, 9.17) is 4.74 Å². The van der Waals surface area contributed by atoms with Gasteiger partial charge in [-0.2, -0.15) is 0 Å². The second-order valence-electron chi connectivity index (χ2n) is 16.1. The zero-order chi connectivity index (χ0) is 44.7. The number of hydrogen-bond donors (Lipinski definition) is 0. The molecule has 0 saturated heterocycles. The van der Waals surface area contributed by atoms with Crippen molar-refractivity contribution in [1.29, 1.82) is 0 Å². The van der Waals surface area contributed by atoms with Crippen molar-refractivity contribution in [2.75, 3.05) is 49.6 Å². The molecule has 0 bridgehead atoms.